The number of nitro groups is 1. The van der Waals surface area contributed by atoms with Crippen LogP contribution in [0.15, 0.2) is 24.4 Å². The first-order chi connectivity index (χ1) is 11.1. The zero-order valence-electron chi connectivity index (χ0n) is 12.9. The van der Waals surface area contributed by atoms with Gasteiger partial charge in [-0.25, -0.2) is 4.98 Å². The molecule has 1 aromatic heterocycles. The molecule has 0 unspecified atom stereocenters. The summed E-state index contributed by atoms with van der Waals surface area (Å²) in [5.41, 5.74) is 7.05. The molecule has 7 nitrogen and oxygen atoms in total. The third-order valence-corrected chi connectivity index (χ3v) is 5.18. The maximum Gasteiger partial charge on any atom is 0.292 e. The summed E-state index contributed by atoms with van der Waals surface area (Å²) in [5.74, 6) is 0. The number of rotatable bonds is 4. The number of piperazine rings is 1. The lowest BCUT2D eigenvalue weighted by Crippen LogP contribution is -2.46. The molecule has 3 rings (SSSR count). The topological polar surface area (TPSA) is 88.5 Å². The molecule has 2 aromatic rings. The molecule has 1 aromatic carbocycles. The van der Waals surface area contributed by atoms with Crippen LogP contribution in [0.2, 0.25) is 0 Å². The fourth-order valence-corrected chi connectivity index (χ4v) is 3.59. The van der Waals surface area contributed by atoms with Crippen molar-refractivity contribution in [1.29, 1.82) is 0 Å². The fraction of sp³-hybridized carbons (Fsp3) is 0.400. The fourth-order valence-electron chi connectivity index (χ4n) is 2.69. The average Bonchev–Trinajstić information content (AvgIpc) is 3.04. The van der Waals surface area contributed by atoms with Gasteiger partial charge in [-0.15, -0.1) is 11.3 Å². The van der Waals surface area contributed by atoms with Crippen LogP contribution in [-0.4, -0.2) is 36.1 Å². The Morgan fingerprint density at radius 3 is 2.61 bits per heavy atom. The molecule has 0 atom stereocenters. The standard InChI is InChI=1S/C15H19N5O2S/c1-2-12-10-17-15(23-12)19-7-5-18(6-8-19)14-9-11(16)3-4-13(14)20(21)22/h3-4,9-10H,2,5-8,16H2,1H3. The molecule has 1 fully saturated rings. The Hall–Kier alpha value is -2.35. The van der Waals surface area contributed by atoms with Crippen LogP contribution in [0, 0.1) is 10.1 Å². The molecule has 0 aliphatic carbocycles. The van der Waals surface area contributed by atoms with Gasteiger partial charge in [-0.3, -0.25) is 10.1 Å². The summed E-state index contributed by atoms with van der Waals surface area (Å²) in [6.45, 7) is 5.13. The summed E-state index contributed by atoms with van der Waals surface area (Å²) in [6.07, 6.45) is 2.92. The van der Waals surface area contributed by atoms with Crippen molar-refractivity contribution in [3.8, 4) is 0 Å². The van der Waals surface area contributed by atoms with Crippen molar-refractivity contribution in [3.63, 3.8) is 0 Å². The van der Waals surface area contributed by atoms with Gasteiger partial charge in [0.15, 0.2) is 5.13 Å². The van der Waals surface area contributed by atoms with E-state index in [1.165, 1.54) is 10.9 Å². The molecule has 0 radical (unpaired) electrons. The van der Waals surface area contributed by atoms with Gasteiger partial charge in [0, 0.05) is 49.0 Å². The highest BCUT2D eigenvalue weighted by Gasteiger charge is 2.25. The lowest BCUT2D eigenvalue weighted by Gasteiger charge is -2.35. The van der Waals surface area contributed by atoms with Crippen molar-refractivity contribution in [2.24, 2.45) is 0 Å². The third-order valence-electron chi connectivity index (χ3n) is 3.98. The number of thiazole rings is 1. The second-order valence-electron chi connectivity index (χ2n) is 5.44. The lowest BCUT2D eigenvalue weighted by atomic mass is 10.2. The molecule has 23 heavy (non-hydrogen) atoms. The number of hydrogen-bond donors (Lipinski definition) is 1. The number of hydrogen-bond acceptors (Lipinski definition) is 7. The molecule has 122 valence electrons. The van der Waals surface area contributed by atoms with Crippen molar-refractivity contribution in [2.75, 3.05) is 41.7 Å². The van der Waals surface area contributed by atoms with E-state index in [2.05, 4.69) is 16.8 Å². The Bertz CT molecular complexity index is 710. The third kappa shape index (κ3) is 3.21. The van der Waals surface area contributed by atoms with Crippen molar-refractivity contribution in [3.05, 3.63) is 39.4 Å². The van der Waals surface area contributed by atoms with Crippen LogP contribution in [0.1, 0.15) is 11.8 Å². The number of benzene rings is 1. The normalized spacial score (nSPS) is 15.0. The smallest absolute Gasteiger partial charge is 0.292 e. The average molecular weight is 333 g/mol. The summed E-state index contributed by atoms with van der Waals surface area (Å²) in [7, 11) is 0. The first kappa shape index (κ1) is 15.5. The minimum Gasteiger partial charge on any atom is -0.399 e. The molecule has 2 N–H and O–H groups in total. The van der Waals surface area contributed by atoms with Crippen LogP contribution in [0.25, 0.3) is 0 Å². The summed E-state index contributed by atoms with van der Waals surface area (Å²) in [6, 6.07) is 4.73. The van der Waals surface area contributed by atoms with Crippen LogP contribution >= 0.6 is 11.3 Å². The number of aryl methyl sites for hydroxylation is 1. The van der Waals surface area contributed by atoms with Crippen LogP contribution < -0.4 is 15.5 Å². The van der Waals surface area contributed by atoms with E-state index in [9.17, 15) is 10.1 Å². The predicted molar refractivity (Wildman–Crippen MR) is 93.4 cm³/mol. The van der Waals surface area contributed by atoms with Gasteiger partial charge < -0.3 is 15.5 Å². The summed E-state index contributed by atoms with van der Waals surface area (Å²) in [5, 5.41) is 12.2. The molecular formula is C15H19N5O2S. The second kappa shape index (κ2) is 6.41. The number of aromatic nitrogens is 1. The lowest BCUT2D eigenvalue weighted by molar-refractivity contribution is -0.384. The first-order valence-corrected chi connectivity index (χ1v) is 8.38. The van der Waals surface area contributed by atoms with Crippen molar-refractivity contribution in [1.82, 2.24) is 4.98 Å². The Balaban J connectivity index is 1.74. The Morgan fingerprint density at radius 1 is 1.30 bits per heavy atom. The molecule has 0 amide bonds. The number of nitro benzene ring substituents is 1. The Labute approximate surface area is 138 Å². The Kier molecular flexibility index (Phi) is 4.33. The summed E-state index contributed by atoms with van der Waals surface area (Å²) in [4.78, 5) is 20.9. The van der Waals surface area contributed by atoms with Crippen molar-refractivity contribution >= 4 is 33.5 Å². The monoisotopic (exact) mass is 333 g/mol. The first-order valence-electron chi connectivity index (χ1n) is 7.57. The minimum absolute atomic E-state index is 0.107. The quantitative estimate of drug-likeness (QED) is 0.525. The van der Waals surface area contributed by atoms with Gasteiger partial charge in [-0.2, -0.15) is 0 Å². The van der Waals surface area contributed by atoms with Crippen molar-refractivity contribution < 1.29 is 4.92 Å². The van der Waals surface area contributed by atoms with Crippen LogP contribution in [0.4, 0.5) is 22.2 Å². The van der Waals surface area contributed by atoms with Crippen LogP contribution in [0.3, 0.4) is 0 Å². The molecule has 1 saturated heterocycles. The summed E-state index contributed by atoms with van der Waals surface area (Å²) < 4.78 is 0. The highest BCUT2D eigenvalue weighted by atomic mass is 32.1. The predicted octanol–water partition coefficient (Wildman–Crippen LogP) is 2.52. The highest BCUT2D eigenvalue weighted by molar-refractivity contribution is 7.15. The van der Waals surface area contributed by atoms with Gasteiger partial charge in [0.2, 0.25) is 0 Å². The van der Waals surface area contributed by atoms with E-state index in [-0.39, 0.29) is 10.6 Å². The molecule has 1 aliphatic rings. The second-order valence-corrected chi connectivity index (χ2v) is 6.54. The molecule has 0 saturated carbocycles. The minimum atomic E-state index is -0.352. The SMILES string of the molecule is CCc1cnc(N2CCN(c3cc(N)ccc3[N+](=O)[O-])CC2)s1. The number of nitrogen functional groups attached to an aromatic ring is 1. The van der Waals surface area contributed by atoms with Gasteiger partial charge in [0.1, 0.15) is 5.69 Å². The summed E-state index contributed by atoms with van der Waals surface area (Å²) >= 11 is 1.72. The van der Waals surface area contributed by atoms with E-state index < -0.39 is 0 Å². The van der Waals surface area contributed by atoms with Crippen LogP contribution in [-0.2, 0) is 6.42 Å². The molecule has 8 heteroatoms. The highest BCUT2D eigenvalue weighted by Crippen LogP contribution is 2.32. The van der Waals surface area contributed by atoms with E-state index in [4.69, 9.17) is 5.73 Å². The van der Waals surface area contributed by atoms with E-state index in [1.807, 2.05) is 11.1 Å². The zero-order chi connectivity index (χ0) is 16.4. The van der Waals surface area contributed by atoms with Gasteiger partial charge in [0.05, 0.1) is 4.92 Å². The van der Waals surface area contributed by atoms with Gasteiger partial charge in [-0.05, 0) is 18.6 Å². The van der Waals surface area contributed by atoms with E-state index >= 15 is 0 Å². The zero-order valence-corrected chi connectivity index (χ0v) is 13.8. The number of nitrogens with zero attached hydrogens (tertiary/aromatic N) is 4. The van der Waals surface area contributed by atoms with Crippen molar-refractivity contribution in [2.45, 2.75) is 13.3 Å². The van der Waals surface area contributed by atoms with E-state index in [0.29, 0.717) is 24.5 Å². The van der Waals surface area contributed by atoms with Gasteiger partial charge in [0.25, 0.3) is 5.69 Å². The maximum atomic E-state index is 11.2. The Morgan fingerprint density at radius 2 is 2.00 bits per heavy atom. The number of anilines is 3. The van der Waals surface area contributed by atoms with Gasteiger partial charge >= 0.3 is 0 Å². The van der Waals surface area contributed by atoms with Crippen LogP contribution in [0.5, 0.6) is 0 Å². The molecule has 1 aliphatic heterocycles. The number of nitrogens with two attached hydrogens (primary N) is 1. The largest absolute Gasteiger partial charge is 0.399 e. The van der Waals surface area contributed by atoms with E-state index in [1.54, 1.807) is 23.5 Å². The molecule has 0 bridgehead atoms. The molecule has 0 spiro atoms. The molecule has 2 heterocycles. The molecular weight excluding hydrogens is 314 g/mol. The van der Waals surface area contributed by atoms with Gasteiger partial charge in [-0.1, -0.05) is 6.92 Å². The van der Waals surface area contributed by atoms with E-state index in [0.717, 1.165) is 24.6 Å². The maximum absolute atomic E-state index is 11.2.